The molecule has 0 saturated carbocycles. The Balaban J connectivity index is 2.27. The van der Waals surface area contributed by atoms with Crippen molar-refractivity contribution < 1.29 is 13.9 Å². The van der Waals surface area contributed by atoms with E-state index in [1.807, 2.05) is 0 Å². The number of aromatic nitrogens is 2. The van der Waals surface area contributed by atoms with Crippen LogP contribution in [-0.2, 0) is 11.3 Å². The Morgan fingerprint density at radius 1 is 1.32 bits per heavy atom. The van der Waals surface area contributed by atoms with Crippen molar-refractivity contribution in [2.75, 3.05) is 0 Å². The Morgan fingerprint density at radius 2 is 2.00 bits per heavy atom. The molecule has 2 aromatic rings. The number of benzene rings is 1. The largest absolute Gasteiger partial charge is 0.443 e. The Kier molecular flexibility index (Phi) is 4.55. The molecule has 0 aliphatic rings. The fourth-order valence-electron chi connectivity index (χ4n) is 1.83. The molecule has 1 aromatic carbocycles. The van der Waals surface area contributed by atoms with Crippen LogP contribution in [0.1, 0.15) is 26.3 Å². The highest BCUT2D eigenvalue weighted by atomic mass is 79.9. The standard InChI is InChI=1S/C15H16BrFN2O3/c1-15(2,3)22-14(21)19-7-6-18(13(19)20)9-10-8-11(17)4-5-12(10)16/h4-8H,9H2,1-3H3. The normalized spacial score (nSPS) is 11.5. The van der Waals surface area contributed by atoms with E-state index in [1.165, 1.54) is 29.1 Å². The summed E-state index contributed by atoms with van der Waals surface area (Å²) in [5.74, 6) is -0.391. The number of imidazole rings is 1. The summed E-state index contributed by atoms with van der Waals surface area (Å²) in [7, 11) is 0. The van der Waals surface area contributed by atoms with Gasteiger partial charge in [0.25, 0.3) is 0 Å². The topological polar surface area (TPSA) is 53.2 Å². The van der Waals surface area contributed by atoms with Crippen molar-refractivity contribution in [3.05, 3.63) is 56.9 Å². The van der Waals surface area contributed by atoms with Crippen LogP contribution in [0, 0.1) is 5.82 Å². The van der Waals surface area contributed by atoms with Crippen LogP contribution in [0.5, 0.6) is 0 Å². The molecule has 2 rings (SSSR count). The maximum Gasteiger partial charge on any atom is 0.422 e. The lowest BCUT2D eigenvalue weighted by Crippen LogP contribution is -2.34. The van der Waals surface area contributed by atoms with Gasteiger partial charge in [-0.3, -0.25) is 4.57 Å². The number of hydrogen-bond donors (Lipinski definition) is 0. The van der Waals surface area contributed by atoms with Gasteiger partial charge in [-0.15, -0.1) is 0 Å². The lowest BCUT2D eigenvalue weighted by molar-refractivity contribution is 0.0530. The summed E-state index contributed by atoms with van der Waals surface area (Å²) >= 11 is 3.31. The molecule has 22 heavy (non-hydrogen) atoms. The molecule has 0 radical (unpaired) electrons. The zero-order chi connectivity index (χ0) is 16.5. The summed E-state index contributed by atoms with van der Waals surface area (Å²) in [6, 6.07) is 4.23. The van der Waals surface area contributed by atoms with Crippen molar-refractivity contribution >= 4 is 22.0 Å². The van der Waals surface area contributed by atoms with Crippen LogP contribution in [0.4, 0.5) is 9.18 Å². The average molecular weight is 371 g/mol. The average Bonchev–Trinajstić information content (AvgIpc) is 2.74. The smallest absolute Gasteiger partial charge is 0.422 e. The van der Waals surface area contributed by atoms with E-state index in [9.17, 15) is 14.0 Å². The second-order valence-corrected chi connectivity index (χ2v) is 6.65. The minimum atomic E-state index is -0.741. The Bertz CT molecular complexity index is 759. The lowest BCUT2D eigenvalue weighted by atomic mass is 10.2. The van der Waals surface area contributed by atoms with Crippen LogP contribution in [0.3, 0.4) is 0 Å². The predicted molar refractivity (Wildman–Crippen MR) is 83.5 cm³/mol. The molecule has 1 heterocycles. The van der Waals surface area contributed by atoms with Crippen LogP contribution >= 0.6 is 15.9 Å². The molecule has 0 bridgehead atoms. The van der Waals surface area contributed by atoms with E-state index in [0.29, 0.717) is 10.0 Å². The highest BCUT2D eigenvalue weighted by Gasteiger charge is 2.20. The van der Waals surface area contributed by atoms with Crippen LogP contribution in [0.25, 0.3) is 0 Å². The molecule has 0 atom stereocenters. The molecular weight excluding hydrogens is 355 g/mol. The van der Waals surface area contributed by atoms with Crippen molar-refractivity contribution in [3.8, 4) is 0 Å². The lowest BCUT2D eigenvalue weighted by Gasteiger charge is -2.18. The molecule has 0 N–H and O–H groups in total. The minimum Gasteiger partial charge on any atom is -0.443 e. The first-order valence-corrected chi connectivity index (χ1v) is 7.42. The zero-order valence-corrected chi connectivity index (χ0v) is 14.1. The summed E-state index contributed by atoms with van der Waals surface area (Å²) in [5.41, 5.74) is -0.626. The summed E-state index contributed by atoms with van der Waals surface area (Å²) in [6.45, 7) is 5.30. The van der Waals surface area contributed by atoms with Gasteiger partial charge in [0.05, 0.1) is 6.54 Å². The minimum absolute atomic E-state index is 0.146. The zero-order valence-electron chi connectivity index (χ0n) is 12.5. The van der Waals surface area contributed by atoms with Crippen molar-refractivity contribution in [2.24, 2.45) is 0 Å². The predicted octanol–water partition coefficient (Wildman–Crippen LogP) is 3.38. The van der Waals surface area contributed by atoms with Gasteiger partial charge in [-0.25, -0.2) is 18.5 Å². The van der Waals surface area contributed by atoms with E-state index in [2.05, 4.69) is 15.9 Å². The number of carbonyl (C=O) groups is 1. The Morgan fingerprint density at radius 3 is 2.64 bits per heavy atom. The SMILES string of the molecule is CC(C)(C)OC(=O)n1ccn(Cc2cc(F)ccc2Br)c1=O. The summed E-state index contributed by atoms with van der Waals surface area (Å²) < 4.78 is 21.3. The number of nitrogens with zero attached hydrogens (tertiary/aromatic N) is 2. The monoisotopic (exact) mass is 370 g/mol. The van der Waals surface area contributed by atoms with Gasteiger partial charge >= 0.3 is 11.8 Å². The molecule has 118 valence electrons. The molecule has 0 amide bonds. The number of halogens is 2. The van der Waals surface area contributed by atoms with Crippen LogP contribution in [0.15, 0.2) is 39.9 Å². The molecule has 7 heteroatoms. The first kappa shape index (κ1) is 16.5. The molecule has 0 aliphatic heterocycles. The van der Waals surface area contributed by atoms with Gasteiger partial charge in [0.2, 0.25) is 0 Å². The Labute approximate surface area is 135 Å². The summed E-state index contributed by atoms with van der Waals surface area (Å²) in [4.78, 5) is 24.1. The summed E-state index contributed by atoms with van der Waals surface area (Å²) in [6.07, 6.45) is 2.06. The Hall–Kier alpha value is -1.89. The van der Waals surface area contributed by atoms with Crippen molar-refractivity contribution in [3.63, 3.8) is 0 Å². The van der Waals surface area contributed by atoms with E-state index in [-0.39, 0.29) is 6.54 Å². The van der Waals surface area contributed by atoms with E-state index < -0.39 is 23.2 Å². The molecule has 0 fully saturated rings. The molecule has 1 aromatic heterocycles. The van der Waals surface area contributed by atoms with E-state index in [1.54, 1.807) is 26.8 Å². The van der Waals surface area contributed by atoms with E-state index in [0.717, 1.165) is 4.57 Å². The molecule has 5 nitrogen and oxygen atoms in total. The van der Waals surface area contributed by atoms with Gasteiger partial charge in [0, 0.05) is 16.9 Å². The molecule has 0 saturated heterocycles. The van der Waals surface area contributed by atoms with Gasteiger partial charge in [0.1, 0.15) is 11.4 Å². The quantitative estimate of drug-likeness (QED) is 0.813. The highest BCUT2D eigenvalue weighted by Crippen LogP contribution is 2.18. The number of rotatable bonds is 2. The van der Waals surface area contributed by atoms with Crippen molar-refractivity contribution in [1.82, 2.24) is 9.13 Å². The van der Waals surface area contributed by atoms with Gasteiger partial charge in [-0.1, -0.05) is 15.9 Å². The third kappa shape index (κ3) is 3.85. The second kappa shape index (κ2) is 6.08. The van der Waals surface area contributed by atoms with Gasteiger partial charge in [-0.2, -0.15) is 0 Å². The maximum atomic E-state index is 13.3. The number of ether oxygens (including phenoxy) is 1. The van der Waals surface area contributed by atoms with Crippen LogP contribution < -0.4 is 5.69 Å². The van der Waals surface area contributed by atoms with E-state index >= 15 is 0 Å². The van der Waals surface area contributed by atoms with Gasteiger partial charge in [0.15, 0.2) is 0 Å². The third-order valence-electron chi connectivity index (χ3n) is 2.79. The second-order valence-electron chi connectivity index (χ2n) is 5.79. The molecule has 0 aliphatic carbocycles. The summed E-state index contributed by atoms with van der Waals surface area (Å²) in [5, 5.41) is 0. The molecular formula is C15H16BrFN2O3. The maximum absolute atomic E-state index is 13.3. The first-order chi connectivity index (χ1) is 10.2. The molecule has 0 spiro atoms. The fourth-order valence-corrected chi connectivity index (χ4v) is 2.20. The van der Waals surface area contributed by atoms with Crippen LogP contribution in [0.2, 0.25) is 0 Å². The van der Waals surface area contributed by atoms with Crippen molar-refractivity contribution in [2.45, 2.75) is 32.9 Å². The molecule has 0 unspecified atom stereocenters. The fraction of sp³-hybridized carbons (Fsp3) is 0.333. The third-order valence-corrected chi connectivity index (χ3v) is 3.56. The van der Waals surface area contributed by atoms with Gasteiger partial charge < -0.3 is 4.74 Å². The van der Waals surface area contributed by atoms with Crippen molar-refractivity contribution in [1.29, 1.82) is 0 Å². The van der Waals surface area contributed by atoms with E-state index in [4.69, 9.17) is 4.74 Å². The van der Waals surface area contributed by atoms with Gasteiger partial charge in [-0.05, 0) is 44.5 Å². The number of hydrogen-bond acceptors (Lipinski definition) is 3. The first-order valence-electron chi connectivity index (χ1n) is 6.62. The number of carbonyl (C=O) groups excluding carboxylic acids is 1. The van der Waals surface area contributed by atoms with Crippen LogP contribution in [-0.4, -0.2) is 20.8 Å². The highest BCUT2D eigenvalue weighted by molar-refractivity contribution is 9.10.